The highest BCUT2D eigenvalue weighted by atomic mass is 31.2. The zero-order chi connectivity index (χ0) is 27.8. The minimum absolute atomic E-state index is 0.00595. The number of phosphoric ester groups is 1. The van der Waals surface area contributed by atoms with Crippen molar-refractivity contribution in [3.8, 4) is 23.0 Å². The van der Waals surface area contributed by atoms with Gasteiger partial charge in [-0.05, 0) is 87.3 Å². The standard InChI is InChI=1S/C17H18FO7P.2C5H11N/c1-22-14-7-6-11(9-15(14)25-26(19,20)21)4-5-12-8-13(18)17(24-3)16(10-12)23-2;2*1-2-4-6-5-3-1/h4-10H,1-3H3,(H2,19,20,21);2*6H,1-5H2/b5-4-;;. The smallest absolute Gasteiger partial charge is 0.493 e. The van der Waals surface area contributed by atoms with Gasteiger partial charge >= 0.3 is 7.82 Å². The lowest BCUT2D eigenvalue weighted by Crippen LogP contribution is -2.21. The average Bonchev–Trinajstić information content (AvgIpc) is 2.93. The summed E-state index contributed by atoms with van der Waals surface area (Å²) in [4.78, 5) is 18.0. The molecule has 38 heavy (non-hydrogen) atoms. The lowest BCUT2D eigenvalue weighted by Gasteiger charge is -2.11. The van der Waals surface area contributed by atoms with Crippen molar-refractivity contribution in [1.82, 2.24) is 10.6 Å². The maximum Gasteiger partial charge on any atom is 0.524 e. The van der Waals surface area contributed by atoms with Gasteiger partial charge in [-0.2, -0.15) is 0 Å². The van der Waals surface area contributed by atoms with E-state index in [1.807, 2.05) is 0 Å². The van der Waals surface area contributed by atoms with Crippen LogP contribution in [-0.2, 0) is 4.57 Å². The number of benzene rings is 2. The molecular weight excluding hydrogens is 514 g/mol. The minimum Gasteiger partial charge on any atom is -0.493 e. The lowest BCUT2D eigenvalue weighted by molar-refractivity contribution is 0.276. The summed E-state index contributed by atoms with van der Waals surface area (Å²) in [5.74, 6) is -0.269. The Morgan fingerprint density at radius 2 is 1.26 bits per heavy atom. The topological polar surface area (TPSA) is 119 Å². The summed E-state index contributed by atoms with van der Waals surface area (Å²) in [6, 6.07) is 7.41. The quantitative estimate of drug-likeness (QED) is 0.277. The SMILES string of the molecule is C1CCNCC1.C1CCNCC1.COc1ccc(/C=C\c2cc(F)c(OC)c(OC)c2)cc1OP(=O)(O)O. The fourth-order valence-corrected chi connectivity index (χ4v) is 4.23. The molecule has 0 amide bonds. The van der Waals surface area contributed by atoms with Gasteiger partial charge in [-0.1, -0.05) is 31.1 Å². The summed E-state index contributed by atoms with van der Waals surface area (Å²) in [5.41, 5.74) is 1.07. The molecule has 0 atom stereocenters. The van der Waals surface area contributed by atoms with Crippen molar-refractivity contribution in [3.63, 3.8) is 0 Å². The molecule has 0 radical (unpaired) electrons. The van der Waals surface area contributed by atoms with E-state index in [2.05, 4.69) is 15.2 Å². The van der Waals surface area contributed by atoms with Crippen molar-refractivity contribution in [2.75, 3.05) is 47.5 Å². The van der Waals surface area contributed by atoms with Crippen LogP contribution in [0.25, 0.3) is 12.2 Å². The van der Waals surface area contributed by atoms with E-state index in [1.165, 1.54) is 104 Å². The largest absolute Gasteiger partial charge is 0.524 e. The van der Waals surface area contributed by atoms with Crippen molar-refractivity contribution < 1.29 is 37.5 Å². The minimum atomic E-state index is -4.74. The number of hydrogen-bond acceptors (Lipinski definition) is 7. The number of hydrogen-bond donors (Lipinski definition) is 4. The summed E-state index contributed by atoms with van der Waals surface area (Å²) >= 11 is 0. The Bertz CT molecular complexity index is 1020. The summed E-state index contributed by atoms with van der Waals surface area (Å²) in [7, 11) is -0.638. The molecule has 0 spiro atoms. The molecule has 11 heteroatoms. The van der Waals surface area contributed by atoms with Gasteiger partial charge in [0.2, 0.25) is 0 Å². The third-order valence-electron chi connectivity index (χ3n) is 5.74. The van der Waals surface area contributed by atoms with E-state index >= 15 is 0 Å². The molecule has 212 valence electrons. The Hall–Kier alpha value is -2.62. The van der Waals surface area contributed by atoms with Gasteiger partial charge in [0.25, 0.3) is 0 Å². The number of piperidine rings is 2. The second-order valence-electron chi connectivity index (χ2n) is 8.69. The highest BCUT2D eigenvalue weighted by molar-refractivity contribution is 7.46. The van der Waals surface area contributed by atoms with Crippen LogP contribution >= 0.6 is 7.82 Å². The average molecular weight is 555 g/mol. The second kappa shape index (κ2) is 17.1. The molecule has 2 aliphatic heterocycles. The number of methoxy groups -OCH3 is 3. The summed E-state index contributed by atoms with van der Waals surface area (Å²) < 4.78 is 44.7. The van der Waals surface area contributed by atoms with E-state index in [-0.39, 0.29) is 23.0 Å². The fourth-order valence-electron chi connectivity index (χ4n) is 3.83. The van der Waals surface area contributed by atoms with E-state index in [0.717, 1.165) is 0 Å². The van der Waals surface area contributed by atoms with Crippen LogP contribution in [0.3, 0.4) is 0 Å². The molecule has 2 aliphatic rings. The van der Waals surface area contributed by atoms with Gasteiger partial charge in [-0.25, -0.2) is 8.96 Å². The second-order valence-corrected chi connectivity index (χ2v) is 9.85. The van der Waals surface area contributed by atoms with Gasteiger partial charge in [0.05, 0.1) is 21.3 Å². The van der Waals surface area contributed by atoms with Crippen molar-refractivity contribution >= 4 is 20.0 Å². The molecule has 4 N–H and O–H groups in total. The molecule has 2 saturated heterocycles. The monoisotopic (exact) mass is 554 g/mol. The van der Waals surface area contributed by atoms with Crippen molar-refractivity contribution in [2.24, 2.45) is 0 Å². The molecule has 2 aromatic rings. The molecule has 0 aliphatic carbocycles. The maximum absolute atomic E-state index is 14.0. The number of halogens is 1. The van der Waals surface area contributed by atoms with Gasteiger partial charge in [0.1, 0.15) is 0 Å². The number of rotatable bonds is 7. The maximum atomic E-state index is 14.0. The zero-order valence-electron chi connectivity index (χ0n) is 22.4. The van der Waals surface area contributed by atoms with Crippen molar-refractivity contribution in [2.45, 2.75) is 38.5 Å². The van der Waals surface area contributed by atoms with Gasteiger partial charge in [-0.3, -0.25) is 9.79 Å². The van der Waals surface area contributed by atoms with E-state index in [9.17, 15) is 8.96 Å². The van der Waals surface area contributed by atoms with Crippen molar-refractivity contribution in [1.29, 1.82) is 0 Å². The highest BCUT2D eigenvalue weighted by Crippen LogP contribution is 2.42. The molecule has 0 aromatic heterocycles. The van der Waals surface area contributed by atoms with Crippen LogP contribution in [0.15, 0.2) is 30.3 Å². The third kappa shape index (κ3) is 11.8. The van der Waals surface area contributed by atoms with Crippen molar-refractivity contribution in [3.05, 3.63) is 47.3 Å². The van der Waals surface area contributed by atoms with Crippen LogP contribution in [-0.4, -0.2) is 57.3 Å². The molecule has 0 bridgehead atoms. The van der Waals surface area contributed by atoms with Gasteiger partial charge in [0.15, 0.2) is 28.8 Å². The lowest BCUT2D eigenvalue weighted by atomic mass is 10.1. The predicted octanol–water partition coefficient (Wildman–Crippen LogP) is 5.01. The first-order valence-electron chi connectivity index (χ1n) is 12.7. The summed E-state index contributed by atoms with van der Waals surface area (Å²) in [6.07, 6.45) is 11.7. The van der Waals surface area contributed by atoms with Crippen LogP contribution < -0.4 is 29.4 Å². The van der Waals surface area contributed by atoms with Crippen LogP contribution in [0, 0.1) is 5.82 Å². The number of ether oxygens (including phenoxy) is 3. The highest BCUT2D eigenvalue weighted by Gasteiger charge is 2.19. The van der Waals surface area contributed by atoms with Crippen LogP contribution in [0.1, 0.15) is 49.7 Å². The van der Waals surface area contributed by atoms with E-state index < -0.39 is 13.6 Å². The first kappa shape index (κ1) is 31.6. The van der Waals surface area contributed by atoms with Gasteiger partial charge in [0, 0.05) is 0 Å². The zero-order valence-corrected chi connectivity index (χ0v) is 23.3. The molecular formula is C27H40FN2O7P. The van der Waals surface area contributed by atoms with E-state index in [0.29, 0.717) is 11.1 Å². The van der Waals surface area contributed by atoms with E-state index in [1.54, 1.807) is 24.3 Å². The van der Waals surface area contributed by atoms with Crippen LogP contribution in [0.4, 0.5) is 4.39 Å². The molecule has 2 aromatic carbocycles. The van der Waals surface area contributed by atoms with Gasteiger partial charge in [-0.15, -0.1) is 0 Å². The Kier molecular flexibility index (Phi) is 14.2. The first-order chi connectivity index (χ1) is 18.3. The number of nitrogens with one attached hydrogen (secondary N) is 2. The Morgan fingerprint density at radius 1 is 0.737 bits per heavy atom. The first-order valence-corrected chi connectivity index (χ1v) is 14.2. The Morgan fingerprint density at radius 3 is 1.68 bits per heavy atom. The summed E-state index contributed by atoms with van der Waals surface area (Å²) in [5, 5.41) is 6.57. The fraction of sp³-hybridized carbons (Fsp3) is 0.481. The molecule has 4 rings (SSSR count). The molecule has 2 heterocycles. The summed E-state index contributed by atoms with van der Waals surface area (Å²) in [6.45, 7) is 5.00. The molecule has 2 fully saturated rings. The molecule has 0 unspecified atom stereocenters. The normalized spacial score (nSPS) is 15.4. The van der Waals surface area contributed by atoms with Crippen LogP contribution in [0.2, 0.25) is 0 Å². The van der Waals surface area contributed by atoms with E-state index in [4.69, 9.17) is 24.0 Å². The Balaban J connectivity index is 0.000000341. The van der Waals surface area contributed by atoms with Gasteiger partial charge < -0.3 is 29.4 Å². The molecule has 9 nitrogen and oxygen atoms in total. The molecule has 0 saturated carbocycles. The predicted molar refractivity (Wildman–Crippen MR) is 148 cm³/mol. The third-order valence-corrected chi connectivity index (χ3v) is 6.18. The number of phosphoric acid groups is 1. The Labute approximate surface area is 224 Å². The van der Waals surface area contributed by atoms with Crippen LogP contribution in [0.5, 0.6) is 23.0 Å².